The number of hydrogen-bond acceptors (Lipinski definition) is 4. The molecule has 0 N–H and O–H groups in total. The molecule has 5 nitrogen and oxygen atoms in total. The van der Waals surface area contributed by atoms with Crippen LogP contribution in [0.3, 0.4) is 0 Å². The molecule has 0 aromatic carbocycles. The first-order valence-corrected chi connectivity index (χ1v) is 4.44. The van der Waals surface area contributed by atoms with E-state index < -0.39 is 12.1 Å². The molecule has 1 amide bonds. The summed E-state index contributed by atoms with van der Waals surface area (Å²) in [6.45, 7) is 1.45. The van der Waals surface area contributed by atoms with Gasteiger partial charge in [0.05, 0.1) is 13.2 Å². The van der Waals surface area contributed by atoms with Crippen molar-refractivity contribution < 1.29 is 19.1 Å². The highest BCUT2D eigenvalue weighted by molar-refractivity contribution is 5.82. The lowest BCUT2D eigenvalue weighted by Crippen LogP contribution is -2.26. The maximum absolute atomic E-state index is 11.2. The van der Waals surface area contributed by atoms with Crippen molar-refractivity contribution in [2.24, 2.45) is 0 Å². The van der Waals surface area contributed by atoms with Crippen molar-refractivity contribution in [1.29, 1.82) is 0 Å². The first-order chi connectivity index (χ1) is 6.74. The van der Waals surface area contributed by atoms with E-state index in [1.165, 1.54) is 7.11 Å². The molecule has 0 aliphatic carbocycles. The predicted octanol–water partition coefficient (Wildman–Crippen LogP) is 0.905. The molecular weight excluding hydrogens is 186 g/mol. The molecule has 0 aromatic rings. The number of hydrogen-bond donors (Lipinski definition) is 0. The predicted molar refractivity (Wildman–Crippen MR) is 48.4 cm³/mol. The minimum absolute atomic E-state index is 0.414. The van der Waals surface area contributed by atoms with Crippen LogP contribution in [0.1, 0.15) is 12.8 Å². The first kappa shape index (κ1) is 10.6. The Morgan fingerprint density at radius 3 is 2.50 bits per heavy atom. The highest BCUT2D eigenvalue weighted by atomic mass is 16.6. The molecule has 0 unspecified atom stereocenters. The van der Waals surface area contributed by atoms with Crippen LogP contribution < -0.4 is 0 Å². The van der Waals surface area contributed by atoms with Gasteiger partial charge in [-0.1, -0.05) is 0 Å². The topological polar surface area (TPSA) is 55.8 Å². The van der Waals surface area contributed by atoms with Crippen LogP contribution in [0.4, 0.5) is 4.79 Å². The SMILES string of the molecule is COC(=O)/C=C/OC(=O)N1CCCC1. The van der Waals surface area contributed by atoms with E-state index >= 15 is 0 Å². The van der Waals surface area contributed by atoms with Crippen LogP contribution in [0.15, 0.2) is 12.3 Å². The van der Waals surface area contributed by atoms with Gasteiger partial charge in [-0.25, -0.2) is 9.59 Å². The smallest absolute Gasteiger partial charge is 0.414 e. The Hall–Kier alpha value is -1.52. The molecule has 1 aliphatic heterocycles. The molecule has 14 heavy (non-hydrogen) atoms. The third kappa shape index (κ3) is 3.08. The third-order valence-electron chi connectivity index (χ3n) is 1.94. The number of likely N-dealkylation sites (tertiary alicyclic amines) is 1. The van der Waals surface area contributed by atoms with E-state index in [1.807, 2.05) is 0 Å². The molecule has 0 spiro atoms. The third-order valence-corrected chi connectivity index (χ3v) is 1.94. The summed E-state index contributed by atoms with van der Waals surface area (Å²) < 4.78 is 9.03. The second-order valence-electron chi connectivity index (χ2n) is 2.90. The van der Waals surface area contributed by atoms with Crippen LogP contribution in [0.5, 0.6) is 0 Å². The quantitative estimate of drug-likeness (QED) is 0.377. The molecule has 1 aliphatic rings. The number of amides is 1. The molecule has 1 saturated heterocycles. The Kier molecular flexibility index (Phi) is 3.97. The standard InChI is InChI=1S/C9H13NO4/c1-13-8(11)4-7-14-9(12)10-5-2-3-6-10/h4,7H,2-3,5-6H2,1H3/b7-4+. The van der Waals surface area contributed by atoms with Gasteiger partial charge in [0.15, 0.2) is 0 Å². The fourth-order valence-corrected chi connectivity index (χ4v) is 1.19. The largest absolute Gasteiger partial charge is 0.466 e. The molecular formula is C9H13NO4. The van der Waals surface area contributed by atoms with Gasteiger partial charge in [-0.3, -0.25) is 0 Å². The molecule has 1 fully saturated rings. The summed E-state index contributed by atoms with van der Waals surface area (Å²) in [6, 6.07) is 0. The summed E-state index contributed by atoms with van der Waals surface area (Å²) >= 11 is 0. The Morgan fingerprint density at radius 2 is 1.93 bits per heavy atom. The summed E-state index contributed by atoms with van der Waals surface area (Å²) in [4.78, 5) is 23.4. The second-order valence-corrected chi connectivity index (χ2v) is 2.90. The average molecular weight is 199 g/mol. The monoisotopic (exact) mass is 199 g/mol. The van der Waals surface area contributed by atoms with E-state index in [-0.39, 0.29) is 0 Å². The van der Waals surface area contributed by atoms with Gasteiger partial charge in [-0.05, 0) is 12.8 Å². The van der Waals surface area contributed by atoms with Crippen LogP contribution in [-0.4, -0.2) is 37.2 Å². The summed E-state index contributed by atoms with van der Waals surface area (Å²) in [5.41, 5.74) is 0. The lowest BCUT2D eigenvalue weighted by Gasteiger charge is -2.12. The number of carbonyl (C=O) groups is 2. The van der Waals surface area contributed by atoms with Gasteiger partial charge in [0.2, 0.25) is 0 Å². The van der Waals surface area contributed by atoms with E-state index in [0.717, 1.165) is 38.3 Å². The van der Waals surface area contributed by atoms with Crippen LogP contribution >= 0.6 is 0 Å². The van der Waals surface area contributed by atoms with Crippen LogP contribution in [0.2, 0.25) is 0 Å². The number of esters is 1. The highest BCUT2D eigenvalue weighted by Crippen LogP contribution is 2.08. The summed E-state index contributed by atoms with van der Waals surface area (Å²) in [5, 5.41) is 0. The molecule has 0 radical (unpaired) electrons. The van der Waals surface area contributed by atoms with E-state index in [1.54, 1.807) is 4.90 Å². The Bertz CT molecular complexity index is 243. The van der Waals surface area contributed by atoms with Crippen molar-refractivity contribution >= 4 is 12.1 Å². The molecule has 1 heterocycles. The molecule has 0 bridgehead atoms. The Balaban J connectivity index is 2.26. The Labute approximate surface area is 82.3 Å². The fraction of sp³-hybridized carbons (Fsp3) is 0.556. The summed E-state index contributed by atoms with van der Waals surface area (Å²) in [5.74, 6) is -0.542. The number of methoxy groups -OCH3 is 1. The minimum Gasteiger partial charge on any atom is -0.466 e. The van der Waals surface area contributed by atoms with Gasteiger partial charge >= 0.3 is 12.1 Å². The lowest BCUT2D eigenvalue weighted by atomic mass is 10.4. The van der Waals surface area contributed by atoms with Gasteiger partial charge in [-0.15, -0.1) is 0 Å². The molecule has 5 heteroatoms. The van der Waals surface area contributed by atoms with Crippen molar-refractivity contribution in [3.8, 4) is 0 Å². The summed E-state index contributed by atoms with van der Waals surface area (Å²) in [7, 11) is 1.26. The summed E-state index contributed by atoms with van der Waals surface area (Å²) in [6.07, 6.45) is 3.72. The lowest BCUT2D eigenvalue weighted by molar-refractivity contribution is -0.134. The van der Waals surface area contributed by atoms with E-state index in [0.29, 0.717) is 0 Å². The number of nitrogens with zero attached hydrogens (tertiary/aromatic N) is 1. The number of rotatable bonds is 2. The zero-order chi connectivity index (χ0) is 10.4. The maximum Gasteiger partial charge on any atom is 0.414 e. The minimum atomic E-state index is -0.542. The van der Waals surface area contributed by atoms with Gasteiger partial charge in [0, 0.05) is 13.1 Å². The van der Waals surface area contributed by atoms with Crippen molar-refractivity contribution in [2.45, 2.75) is 12.8 Å². The number of ether oxygens (including phenoxy) is 2. The van der Waals surface area contributed by atoms with Crippen molar-refractivity contribution in [3.63, 3.8) is 0 Å². The van der Waals surface area contributed by atoms with Gasteiger partial charge in [-0.2, -0.15) is 0 Å². The van der Waals surface area contributed by atoms with E-state index in [9.17, 15) is 9.59 Å². The number of carbonyl (C=O) groups excluding carboxylic acids is 2. The van der Waals surface area contributed by atoms with Crippen LogP contribution in [-0.2, 0) is 14.3 Å². The van der Waals surface area contributed by atoms with Crippen LogP contribution in [0, 0.1) is 0 Å². The molecule has 0 aromatic heterocycles. The molecule has 0 atom stereocenters. The van der Waals surface area contributed by atoms with Gasteiger partial charge in [0.1, 0.15) is 6.26 Å². The van der Waals surface area contributed by atoms with Crippen LogP contribution in [0.25, 0.3) is 0 Å². The molecule has 1 rings (SSSR count). The first-order valence-electron chi connectivity index (χ1n) is 4.44. The van der Waals surface area contributed by atoms with E-state index in [4.69, 9.17) is 4.74 Å². The van der Waals surface area contributed by atoms with Crippen molar-refractivity contribution in [2.75, 3.05) is 20.2 Å². The maximum atomic E-state index is 11.2. The Morgan fingerprint density at radius 1 is 1.29 bits per heavy atom. The highest BCUT2D eigenvalue weighted by Gasteiger charge is 2.18. The van der Waals surface area contributed by atoms with Crippen molar-refractivity contribution in [1.82, 2.24) is 4.90 Å². The second kappa shape index (κ2) is 5.26. The van der Waals surface area contributed by atoms with Crippen molar-refractivity contribution in [3.05, 3.63) is 12.3 Å². The van der Waals surface area contributed by atoms with Gasteiger partial charge < -0.3 is 14.4 Å². The fourth-order valence-electron chi connectivity index (χ4n) is 1.19. The molecule has 78 valence electrons. The molecule has 0 saturated carbocycles. The zero-order valence-electron chi connectivity index (χ0n) is 8.06. The normalized spacial score (nSPS) is 15.9. The van der Waals surface area contributed by atoms with Gasteiger partial charge in [0.25, 0.3) is 0 Å². The average Bonchev–Trinajstić information content (AvgIpc) is 2.70. The van der Waals surface area contributed by atoms with E-state index in [2.05, 4.69) is 4.74 Å². The zero-order valence-corrected chi connectivity index (χ0v) is 8.06.